The molecule has 5 N–H and O–H groups in total. The third-order valence-corrected chi connectivity index (χ3v) is 9.76. The molecule has 3 rings (SSSR count). The Morgan fingerprint density at radius 1 is 0.913 bits per heavy atom. The van der Waals surface area contributed by atoms with E-state index >= 15 is 0 Å². The minimum atomic E-state index is -1.10. The molecule has 1 saturated carbocycles. The summed E-state index contributed by atoms with van der Waals surface area (Å²) in [6.07, 6.45) is 7.74. The molecule has 2 heterocycles. The zero-order valence-electron chi connectivity index (χ0n) is 29.1. The second-order valence-corrected chi connectivity index (χ2v) is 16.1. The molecule has 6 atom stereocenters. The number of carbonyl (C=O) groups excluding carboxylic acids is 6. The van der Waals surface area contributed by atoms with Crippen LogP contribution in [0.1, 0.15) is 120 Å². The molecule has 2 saturated heterocycles. The molecular formula is C34H57N5O7. The van der Waals surface area contributed by atoms with Crippen molar-refractivity contribution in [2.24, 2.45) is 28.4 Å². The number of rotatable bonds is 5. The molecule has 0 bridgehead atoms. The third kappa shape index (κ3) is 9.44. The average molecular weight is 648 g/mol. The van der Waals surface area contributed by atoms with Gasteiger partial charge in [-0.15, -0.1) is 0 Å². The van der Waals surface area contributed by atoms with E-state index in [1.807, 2.05) is 20.8 Å². The van der Waals surface area contributed by atoms with Crippen molar-refractivity contribution in [2.75, 3.05) is 6.54 Å². The van der Waals surface area contributed by atoms with Crippen LogP contribution in [0.15, 0.2) is 0 Å². The smallest absolute Gasteiger partial charge is 0.329 e. The maximum Gasteiger partial charge on any atom is 0.329 e. The number of amides is 5. The fourth-order valence-corrected chi connectivity index (χ4v) is 7.05. The van der Waals surface area contributed by atoms with Gasteiger partial charge in [0, 0.05) is 6.54 Å². The van der Waals surface area contributed by atoms with Crippen LogP contribution in [-0.4, -0.2) is 76.7 Å². The molecule has 0 aromatic carbocycles. The van der Waals surface area contributed by atoms with Crippen LogP contribution < -0.4 is 21.7 Å². The first-order valence-electron chi connectivity index (χ1n) is 17.0. The number of nitrogens with one attached hydrogen (secondary N) is 3. The Morgan fingerprint density at radius 2 is 1.46 bits per heavy atom. The van der Waals surface area contributed by atoms with Gasteiger partial charge < -0.3 is 31.3 Å². The van der Waals surface area contributed by atoms with Crippen LogP contribution in [-0.2, 0) is 28.7 Å². The van der Waals surface area contributed by atoms with E-state index < -0.39 is 64.8 Å². The molecule has 4 unspecified atom stereocenters. The average Bonchev–Trinajstić information content (AvgIpc) is 3.25. The van der Waals surface area contributed by atoms with Crippen molar-refractivity contribution >= 4 is 35.5 Å². The van der Waals surface area contributed by atoms with E-state index in [4.69, 9.17) is 10.5 Å². The lowest BCUT2D eigenvalue weighted by Crippen LogP contribution is -2.60. The van der Waals surface area contributed by atoms with Gasteiger partial charge in [0.25, 0.3) is 5.91 Å². The Bertz CT molecular complexity index is 1170. The van der Waals surface area contributed by atoms with Crippen molar-refractivity contribution in [3.8, 4) is 0 Å². The van der Waals surface area contributed by atoms with Crippen LogP contribution in [0.25, 0.3) is 0 Å². The molecule has 0 aromatic heterocycles. The normalized spacial score (nSPS) is 28.4. The Balaban J connectivity index is 1.87. The van der Waals surface area contributed by atoms with Crippen molar-refractivity contribution in [1.82, 2.24) is 20.9 Å². The predicted octanol–water partition coefficient (Wildman–Crippen LogP) is 3.35. The van der Waals surface area contributed by atoms with Gasteiger partial charge in [-0.2, -0.15) is 0 Å². The van der Waals surface area contributed by atoms with Gasteiger partial charge in [-0.3, -0.25) is 19.2 Å². The molecule has 1 aliphatic carbocycles. The summed E-state index contributed by atoms with van der Waals surface area (Å²) in [5.74, 6) is -3.45. The molecule has 260 valence electrons. The van der Waals surface area contributed by atoms with Crippen molar-refractivity contribution in [1.29, 1.82) is 0 Å². The highest BCUT2D eigenvalue weighted by Crippen LogP contribution is 2.65. The number of fused-ring (bicyclic) bond motifs is 3. The first kappa shape index (κ1) is 37.3. The number of primary amides is 1. The van der Waals surface area contributed by atoms with Gasteiger partial charge in [0.05, 0.1) is 6.04 Å². The summed E-state index contributed by atoms with van der Waals surface area (Å²) >= 11 is 0. The lowest BCUT2D eigenvalue weighted by Gasteiger charge is -2.35. The SMILES string of the molecule is CC(C)(C)OC(=O)C(NC(=O)N[C@H]1CCCCCCCCCC[C@@H](C(=O)C(N)=O)NC(=O)C2C3C(CN2C1=O)C3(C)C)C(C)(C)C. The molecule has 5 amide bonds. The van der Waals surface area contributed by atoms with Crippen LogP contribution in [0.3, 0.4) is 0 Å². The lowest BCUT2D eigenvalue weighted by atomic mass is 9.86. The Hall–Kier alpha value is -3.18. The summed E-state index contributed by atoms with van der Waals surface area (Å²) in [6.45, 7) is 15.2. The Morgan fingerprint density at radius 3 is 1.98 bits per heavy atom. The van der Waals surface area contributed by atoms with E-state index in [-0.39, 0.29) is 23.2 Å². The zero-order valence-corrected chi connectivity index (χ0v) is 29.1. The third-order valence-electron chi connectivity index (χ3n) is 9.76. The second-order valence-electron chi connectivity index (χ2n) is 16.1. The van der Waals surface area contributed by atoms with Crippen LogP contribution in [0.4, 0.5) is 4.79 Å². The van der Waals surface area contributed by atoms with Crippen molar-refractivity contribution in [3.05, 3.63) is 0 Å². The fourth-order valence-electron chi connectivity index (χ4n) is 7.05. The number of hydrogen-bond donors (Lipinski definition) is 4. The number of piperidine rings is 1. The molecule has 3 aliphatic rings. The van der Waals surface area contributed by atoms with E-state index in [1.165, 1.54) is 4.90 Å². The van der Waals surface area contributed by atoms with Crippen molar-refractivity contribution in [3.63, 3.8) is 0 Å². The topological polar surface area (TPSA) is 177 Å². The molecular weight excluding hydrogens is 590 g/mol. The van der Waals surface area contributed by atoms with Gasteiger partial charge in [-0.25, -0.2) is 9.59 Å². The van der Waals surface area contributed by atoms with Crippen LogP contribution >= 0.6 is 0 Å². The standard InChI is InChI=1S/C34H57N5O7/c1-32(2,3)26(30(44)46-33(4,5)6)38-31(45)37-22-18-16-14-12-10-9-11-13-15-17-21(25(40)27(35)41)36-28(42)24-23-20(34(23,7)8)19-39(24)29(22)43/h20-24,26H,9-19H2,1-8H3,(H2,35,41)(H,36,42)(H2,37,38,45)/t20?,21-,22-,23?,24?,26?/m0/s1. The highest BCUT2D eigenvalue weighted by atomic mass is 16.6. The molecule has 0 spiro atoms. The van der Waals surface area contributed by atoms with Crippen LogP contribution in [0.2, 0.25) is 0 Å². The second kappa shape index (κ2) is 14.7. The number of hydrogen-bond acceptors (Lipinski definition) is 7. The maximum atomic E-state index is 14.2. The Labute approximate surface area is 274 Å². The van der Waals surface area contributed by atoms with E-state index in [9.17, 15) is 28.8 Å². The summed E-state index contributed by atoms with van der Waals surface area (Å²) in [4.78, 5) is 80.7. The van der Waals surface area contributed by atoms with Gasteiger partial charge >= 0.3 is 12.0 Å². The summed E-state index contributed by atoms with van der Waals surface area (Å²) in [5, 5.41) is 8.35. The van der Waals surface area contributed by atoms with Gasteiger partial charge in [-0.05, 0) is 56.3 Å². The van der Waals surface area contributed by atoms with Crippen molar-refractivity contribution in [2.45, 2.75) is 149 Å². The van der Waals surface area contributed by atoms with Crippen LogP contribution in [0, 0.1) is 22.7 Å². The Kier molecular flexibility index (Phi) is 11.9. The summed E-state index contributed by atoms with van der Waals surface area (Å²) in [7, 11) is 0. The number of nitrogens with two attached hydrogens (primary N) is 1. The molecule has 12 nitrogen and oxygen atoms in total. The minimum Gasteiger partial charge on any atom is -0.458 e. The summed E-state index contributed by atoms with van der Waals surface area (Å²) < 4.78 is 5.57. The summed E-state index contributed by atoms with van der Waals surface area (Å²) in [5.41, 5.74) is 3.72. The quantitative estimate of drug-likeness (QED) is 0.261. The van der Waals surface area contributed by atoms with Gasteiger partial charge in [0.2, 0.25) is 17.6 Å². The maximum absolute atomic E-state index is 14.2. The van der Waals surface area contributed by atoms with Gasteiger partial charge in [0.15, 0.2) is 0 Å². The highest BCUT2D eigenvalue weighted by molar-refractivity contribution is 6.37. The number of ether oxygens (including phenoxy) is 1. The number of ketones is 1. The first-order chi connectivity index (χ1) is 21.3. The van der Waals surface area contributed by atoms with Crippen molar-refractivity contribution < 1.29 is 33.5 Å². The predicted molar refractivity (Wildman–Crippen MR) is 173 cm³/mol. The van der Waals surface area contributed by atoms with Gasteiger partial charge in [0.1, 0.15) is 23.7 Å². The van der Waals surface area contributed by atoms with E-state index in [1.54, 1.807) is 20.8 Å². The first-order valence-corrected chi connectivity index (χ1v) is 17.0. The number of urea groups is 1. The number of carbonyl (C=O) groups is 6. The molecule has 0 radical (unpaired) electrons. The monoisotopic (exact) mass is 647 g/mol. The van der Waals surface area contributed by atoms with E-state index in [0.717, 1.165) is 38.5 Å². The van der Waals surface area contributed by atoms with Gasteiger partial charge in [-0.1, -0.05) is 86.0 Å². The molecule has 3 fully saturated rings. The largest absolute Gasteiger partial charge is 0.458 e. The lowest BCUT2D eigenvalue weighted by molar-refractivity contribution is -0.160. The molecule has 46 heavy (non-hydrogen) atoms. The summed E-state index contributed by atoms with van der Waals surface area (Å²) in [6, 6.07) is -4.50. The van der Waals surface area contributed by atoms with Crippen LogP contribution in [0.5, 0.6) is 0 Å². The fraction of sp³-hybridized carbons (Fsp3) is 0.824. The number of esters is 1. The zero-order chi connectivity index (χ0) is 34.6. The number of Topliss-reactive ketones (excluding diaryl/α,β-unsaturated/α-hetero) is 1. The number of nitrogens with zero attached hydrogens (tertiary/aromatic N) is 1. The van der Waals surface area contributed by atoms with E-state index in [2.05, 4.69) is 29.8 Å². The molecule has 12 heteroatoms. The molecule has 2 aliphatic heterocycles. The van der Waals surface area contributed by atoms with E-state index in [0.29, 0.717) is 32.2 Å². The highest BCUT2D eigenvalue weighted by Gasteiger charge is 2.69. The molecule has 0 aromatic rings. The minimum absolute atomic E-state index is 0.0787.